The second kappa shape index (κ2) is 3.38. The maximum Gasteiger partial charge on any atom is 0.00968 e. The summed E-state index contributed by atoms with van der Waals surface area (Å²) in [6, 6.07) is 0. The molecule has 0 atom stereocenters. The Morgan fingerprint density at radius 2 is 2.10 bits per heavy atom. The molecule has 0 fully saturated rings. The summed E-state index contributed by atoms with van der Waals surface area (Å²) in [5, 5.41) is 1.10. The predicted octanol–water partition coefficient (Wildman–Crippen LogP) is 3.29. The SMILES string of the molecule is C=CCC1(CBr)CC=CC1. The van der Waals surface area contributed by atoms with Crippen molar-refractivity contribution in [1.29, 1.82) is 0 Å². The lowest BCUT2D eigenvalue weighted by Gasteiger charge is -2.24. The monoisotopic (exact) mass is 200 g/mol. The van der Waals surface area contributed by atoms with E-state index in [2.05, 4.69) is 34.7 Å². The van der Waals surface area contributed by atoms with Crippen LogP contribution in [-0.4, -0.2) is 5.33 Å². The summed E-state index contributed by atoms with van der Waals surface area (Å²) in [7, 11) is 0. The van der Waals surface area contributed by atoms with Crippen LogP contribution >= 0.6 is 15.9 Å². The Balaban J connectivity index is 2.51. The fraction of sp³-hybridized carbons (Fsp3) is 0.556. The smallest absolute Gasteiger partial charge is 0.00968 e. The van der Waals surface area contributed by atoms with Crippen molar-refractivity contribution in [3.05, 3.63) is 24.8 Å². The molecule has 0 heterocycles. The molecule has 0 saturated heterocycles. The highest BCUT2D eigenvalue weighted by Crippen LogP contribution is 2.38. The van der Waals surface area contributed by atoms with Gasteiger partial charge in [0.15, 0.2) is 0 Å². The van der Waals surface area contributed by atoms with E-state index in [0.717, 1.165) is 11.8 Å². The van der Waals surface area contributed by atoms with Crippen molar-refractivity contribution < 1.29 is 0 Å². The van der Waals surface area contributed by atoms with Gasteiger partial charge in [0.2, 0.25) is 0 Å². The van der Waals surface area contributed by atoms with Crippen molar-refractivity contribution in [1.82, 2.24) is 0 Å². The predicted molar refractivity (Wildman–Crippen MR) is 49.4 cm³/mol. The van der Waals surface area contributed by atoms with Crippen molar-refractivity contribution in [3.63, 3.8) is 0 Å². The molecule has 1 heteroatoms. The van der Waals surface area contributed by atoms with Gasteiger partial charge in [-0.1, -0.05) is 34.2 Å². The average molecular weight is 201 g/mol. The van der Waals surface area contributed by atoms with Gasteiger partial charge in [-0.2, -0.15) is 0 Å². The van der Waals surface area contributed by atoms with Crippen LogP contribution in [0.1, 0.15) is 19.3 Å². The second-order valence-electron chi connectivity index (χ2n) is 3.01. The van der Waals surface area contributed by atoms with Gasteiger partial charge in [-0.25, -0.2) is 0 Å². The van der Waals surface area contributed by atoms with E-state index >= 15 is 0 Å². The van der Waals surface area contributed by atoms with Crippen LogP contribution < -0.4 is 0 Å². The van der Waals surface area contributed by atoms with Gasteiger partial charge in [0.05, 0.1) is 0 Å². The molecule has 1 aliphatic rings. The van der Waals surface area contributed by atoms with E-state index in [0.29, 0.717) is 5.41 Å². The highest BCUT2D eigenvalue weighted by Gasteiger charge is 2.27. The maximum absolute atomic E-state index is 3.77. The average Bonchev–Trinajstić information content (AvgIpc) is 2.39. The lowest BCUT2D eigenvalue weighted by molar-refractivity contribution is 0.370. The molecule has 0 spiro atoms. The van der Waals surface area contributed by atoms with Gasteiger partial charge >= 0.3 is 0 Å². The first-order chi connectivity index (χ1) is 4.83. The Morgan fingerprint density at radius 1 is 1.50 bits per heavy atom. The second-order valence-corrected chi connectivity index (χ2v) is 3.57. The van der Waals surface area contributed by atoms with Crippen LogP contribution in [0.25, 0.3) is 0 Å². The summed E-state index contributed by atoms with van der Waals surface area (Å²) in [6.07, 6.45) is 10.1. The molecule has 0 unspecified atom stereocenters. The molecule has 0 aromatic rings. The van der Waals surface area contributed by atoms with Crippen LogP contribution in [-0.2, 0) is 0 Å². The number of rotatable bonds is 3. The largest absolute Gasteiger partial charge is 0.103 e. The van der Waals surface area contributed by atoms with Crippen molar-refractivity contribution in [2.75, 3.05) is 5.33 Å². The molecule has 56 valence electrons. The van der Waals surface area contributed by atoms with Crippen LogP contribution in [0.15, 0.2) is 24.8 Å². The summed E-state index contributed by atoms with van der Waals surface area (Å²) < 4.78 is 0. The normalized spacial score (nSPS) is 21.3. The van der Waals surface area contributed by atoms with E-state index in [4.69, 9.17) is 0 Å². The first-order valence-corrected chi connectivity index (χ1v) is 4.77. The third kappa shape index (κ3) is 1.51. The first-order valence-electron chi connectivity index (χ1n) is 3.65. The summed E-state index contributed by atoms with van der Waals surface area (Å²) >= 11 is 3.55. The first kappa shape index (κ1) is 8.06. The number of alkyl halides is 1. The Kier molecular flexibility index (Phi) is 2.72. The van der Waals surface area contributed by atoms with Crippen LogP contribution in [0, 0.1) is 5.41 Å². The lowest BCUT2D eigenvalue weighted by Crippen LogP contribution is -2.17. The lowest BCUT2D eigenvalue weighted by atomic mass is 9.84. The van der Waals surface area contributed by atoms with E-state index in [1.807, 2.05) is 6.08 Å². The van der Waals surface area contributed by atoms with Gasteiger partial charge in [-0.05, 0) is 24.7 Å². The third-order valence-electron chi connectivity index (χ3n) is 2.13. The topological polar surface area (TPSA) is 0 Å². The number of halogens is 1. The molecule has 1 aliphatic carbocycles. The van der Waals surface area contributed by atoms with Crippen LogP contribution in [0.2, 0.25) is 0 Å². The number of allylic oxidation sites excluding steroid dienone is 3. The van der Waals surface area contributed by atoms with Gasteiger partial charge in [0.1, 0.15) is 0 Å². The molecule has 0 radical (unpaired) electrons. The Labute approximate surface area is 71.1 Å². The summed E-state index contributed by atoms with van der Waals surface area (Å²) in [4.78, 5) is 0. The number of hydrogen-bond acceptors (Lipinski definition) is 0. The van der Waals surface area contributed by atoms with Crippen molar-refractivity contribution in [3.8, 4) is 0 Å². The fourth-order valence-electron chi connectivity index (χ4n) is 1.39. The van der Waals surface area contributed by atoms with E-state index in [1.165, 1.54) is 12.8 Å². The van der Waals surface area contributed by atoms with Crippen LogP contribution in [0.5, 0.6) is 0 Å². The molecule has 0 bridgehead atoms. The van der Waals surface area contributed by atoms with Crippen molar-refractivity contribution in [2.45, 2.75) is 19.3 Å². The minimum Gasteiger partial charge on any atom is -0.103 e. The van der Waals surface area contributed by atoms with E-state index < -0.39 is 0 Å². The molecular formula is C9H13Br. The molecule has 0 N–H and O–H groups in total. The Hall–Kier alpha value is -0.0400. The van der Waals surface area contributed by atoms with Crippen molar-refractivity contribution >= 4 is 15.9 Å². The Bertz CT molecular complexity index is 139. The standard InChI is InChI=1S/C9H13Br/c1-2-5-9(8-10)6-3-4-7-9/h2-4H,1,5-8H2. The van der Waals surface area contributed by atoms with E-state index in [-0.39, 0.29) is 0 Å². The summed E-state index contributed by atoms with van der Waals surface area (Å²) in [5.41, 5.74) is 0.474. The highest BCUT2D eigenvalue weighted by atomic mass is 79.9. The van der Waals surface area contributed by atoms with Gasteiger partial charge in [0, 0.05) is 5.33 Å². The minimum absolute atomic E-state index is 0.474. The van der Waals surface area contributed by atoms with Crippen LogP contribution in [0.3, 0.4) is 0 Å². The minimum atomic E-state index is 0.474. The van der Waals surface area contributed by atoms with Gasteiger partial charge in [-0.15, -0.1) is 6.58 Å². The fourth-order valence-corrected chi connectivity index (χ4v) is 2.07. The molecule has 0 nitrogen and oxygen atoms in total. The zero-order valence-corrected chi connectivity index (χ0v) is 7.73. The molecule has 0 aromatic carbocycles. The molecule has 10 heavy (non-hydrogen) atoms. The molecule has 0 aromatic heterocycles. The third-order valence-corrected chi connectivity index (χ3v) is 3.32. The molecule has 0 saturated carbocycles. The van der Waals surface area contributed by atoms with Gasteiger partial charge in [0.25, 0.3) is 0 Å². The van der Waals surface area contributed by atoms with Crippen LogP contribution in [0.4, 0.5) is 0 Å². The highest BCUT2D eigenvalue weighted by molar-refractivity contribution is 9.09. The molecule has 1 rings (SSSR count). The van der Waals surface area contributed by atoms with Gasteiger partial charge < -0.3 is 0 Å². The van der Waals surface area contributed by atoms with E-state index in [1.54, 1.807) is 0 Å². The van der Waals surface area contributed by atoms with Crippen molar-refractivity contribution in [2.24, 2.45) is 5.41 Å². The van der Waals surface area contributed by atoms with E-state index in [9.17, 15) is 0 Å². The molecule has 0 amide bonds. The zero-order valence-electron chi connectivity index (χ0n) is 6.15. The van der Waals surface area contributed by atoms with Gasteiger partial charge in [-0.3, -0.25) is 0 Å². The maximum atomic E-state index is 3.77. The Morgan fingerprint density at radius 3 is 2.50 bits per heavy atom. The quantitative estimate of drug-likeness (QED) is 0.485. The summed E-state index contributed by atoms with van der Waals surface area (Å²) in [6.45, 7) is 3.77. The number of hydrogen-bond donors (Lipinski definition) is 0. The molecular weight excluding hydrogens is 188 g/mol. The molecule has 0 aliphatic heterocycles. The summed E-state index contributed by atoms with van der Waals surface area (Å²) in [5.74, 6) is 0. The zero-order chi connectivity index (χ0) is 7.45.